The summed E-state index contributed by atoms with van der Waals surface area (Å²) in [7, 11) is 0. The molecule has 0 saturated heterocycles. The van der Waals surface area contributed by atoms with Gasteiger partial charge < -0.3 is 5.32 Å². The van der Waals surface area contributed by atoms with E-state index < -0.39 is 0 Å². The van der Waals surface area contributed by atoms with Crippen LogP contribution in [0.5, 0.6) is 0 Å². The van der Waals surface area contributed by atoms with Crippen LogP contribution in [0.2, 0.25) is 5.02 Å². The van der Waals surface area contributed by atoms with E-state index in [1.165, 1.54) is 15.4 Å². The van der Waals surface area contributed by atoms with Gasteiger partial charge in [0, 0.05) is 25.8 Å². The summed E-state index contributed by atoms with van der Waals surface area (Å²) >= 11 is 11.4. The van der Waals surface area contributed by atoms with E-state index in [0.29, 0.717) is 0 Å². The molecular weight excluding hydrogens is 354 g/mol. The maximum atomic E-state index is 6.13. The molecule has 0 aliphatic rings. The van der Waals surface area contributed by atoms with E-state index in [2.05, 4.69) is 46.4 Å². The fraction of sp³-hybridized carbons (Fsp3) is 0.250. The molecule has 0 amide bonds. The quantitative estimate of drug-likeness (QED) is 0.649. The van der Waals surface area contributed by atoms with Crippen molar-refractivity contribution in [2.45, 2.75) is 29.7 Å². The first-order chi connectivity index (χ1) is 9.69. The van der Waals surface area contributed by atoms with Gasteiger partial charge in [0.15, 0.2) is 0 Å². The molecule has 0 atom stereocenters. The van der Waals surface area contributed by atoms with Crippen LogP contribution >= 0.6 is 39.3 Å². The Bertz CT molecular complexity index is 574. The van der Waals surface area contributed by atoms with Crippen LogP contribution in [0.25, 0.3) is 0 Å². The van der Waals surface area contributed by atoms with Crippen molar-refractivity contribution in [2.24, 2.45) is 0 Å². The highest BCUT2D eigenvalue weighted by atomic mass is 79.9. The minimum Gasteiger partial charge on any atom is -0.313 e. The third kappa shape index (κ3) is 4.81. The smallest absolute Gasteiger partial charge is 0.0417 e. The molecule has 0 bridgehead atoms. The van der Waals surface area contributed by atoms with Gasteiger partial charge in [-0.05, 0) is 48.9 Å². The summed E-state index contributed by atoms with van der Waals surface area (Å²) in [6, 6.07) is 14.4. The molecule has 1 nitrogen and oxygen atoms in total. The van der Waals surface area contributed by atoms with Gasteiger partial charge in [0.1, 0.15) is 0 Å². The zero-order chi connectivity index (χ0) is 14.4. The highest BCUT2D eigenvalue weighted by molar-refractivity contribution is 9.10. The normalized spacial score (nSPS) is 10.8. The summed E-state index contributed by atoms with van der Waals surface area (Å²) in [5, 5.41) is 4.22. The molecule has 20 heavy (non-hydrogen) atoms. The van der Waals surface area contributed by atoms with Gasteiger partial charge in [0.05, 0.1) is 0 Å². The fourth-order valence-electron chi connectivity index (χ4n) is 1.83. The summed E-state index contributed by atoms with van der Waals surface area (Å²) in [4.78, 5) is 2.41. The Hall–Kier alpha value is -0.480. The van der Waals surface area contributed by atoms with E-state index in [-0.39, 0.29) is 0 Å². The third-order valence-corrected chi connectivity index (χ3v) is 4.61. The molecule has 4 heteroatoms. The van der Waals surface area contributed by atoms with Crippen LogP contribution in [0.4, 0.5) is 0 Å². The van der Waals surface area contributed by atoms with E-state index in [0.717, 1.165) is 29.0 Å². The lowest BCUT2D eigenvalue weighted by Gasteiger charge is -2.11. The van der Waals surface area contributed by atoms with Crippen LogP contribution in [0.3, 0.4) is 0 Å². The summed E-state index contributed by atoms with van der Waals surface area (Å²) in [6.45, 7) is 4.08. The van der Waals surface area contributed by atoms with Crippen molar-refractivity contribution in [3.63, 3.8) is 0 Å². The average Bonchev–Trinajstić information content (AvgIpc) is 2.41. The first-order valence-electron chi connectivity index (χ1n) is 6.61. The Balaban J connectivity index is 2.18. The summed E-state index contributed by atoms with van der Waals surface area (Å²) in [5.74, 6) is 0. The topological polar surface area (TPSA) is 12.0 Å². The molecule has 0 aliphatic heterocycles. The molecular formula is C16H17BrClNS. The molecule has 0 spiro atoms. The van der Waals surface area contributed by atoms with Gasteiger partial charge >= 0.3 is 0 Å². The molecule has 0 aliphatic carbocycles. The molecule has 2 rings (SSSR count). The van der Waals surface area contributed by atoms with Crippen LogP contribution in [-0.4, -0.2) is 6.54 Å². The molecule has 0 saturated carbocycles. The lowest BCUT2D eigenvalue weighted by atomic mass is 10.2. The van der Waals surface area contributed by atoms with E-state index in [4.69, 9.17) is 11.6 Å². The zero-order valence-corrected chi connectivity index (χ0v) is 14.5. The van der Waals surface area contributed by atoms with Crippen LogP contribution in [0.15, 0.2) is 56.7 Å². The standard InChI is InChI=1S/C16H17BrClNS/c1-2-8-19-11-12-6-7-14(18)10-16(12)20-15-5-3-4-13(17)9-15/h3-7,9-10,19H,2,8,11H2,1H3. The molecule has 0 aromatic heterocycles. The maximum Gasteiger partial charge on any atom is 0.0417 e. The Kier molecular flexibility index (Phi) is 6.43. The molecule has 1 N–H and O–H groups in total. The predicted molar refractivity (Wildman–Crippen MR) is 91.7 cm³/mol. The monoisotopic (exact) mass is 369 g/mol. The van der Waals surface area contributed by atoms with Gasteiger partial charge in [-0.2, -0.15) is 0 Å². The van der Waals surface area contributed by atoms with Crippen molar-refractivity contribution in [1.29, 1.82) is 0 Å². The van der Waals surface area contributed by atoms with Crippen molar-refractivity contribution in [3.8, 4) is 0 Å². The van der Waals surface area contributed by atoms with Crippen molar-refractivity contribution in [1.82, 2.24) is 5.32 Å². The van der Waals surface area contributed by atoms with Gasteiger partial charge in [-0.25, -0.2) is 0 Å². The van der Waals surface area contributed by atoms with E-state index in [1.54, 1.807) is 11.8 Å². The lowest BCUT2D eigenvalue weighted by molar-refractivity contribution is 0.669. The fourth-order valence-corrected chi connectivity index (χ4v) is 3.66. The van der Waals surface area contributed by atoms with Gasteiger partial charge in [-0.15, -0.1) is 0 Å². The molecule has 106 valence electrons. The Morgan fingerprint density at radius 1 is 1.20 bits per heavy atom. The average molecular weight is 371 g/mol. The molecule has 0 radical (unpaired) electrons. The van der Waals surface area contributed by atoms with Crippen LogP contribution in [0.1, 0.15) is 18.9 Å². The van der Waals surface area contributed by atoms with Gasteiger partial charge in [0.25, 0.3) is 0 Å². The SMILES string of the molecule is CCCNCc1ccc(Cl)cc1Sc1cccc(Br)c1. The van der Waals surface area contributed by atoms with Crippen LogP contribution in [0, 0.1) is 0 Å². The molecule has 2 aromatic carbocycles. The minimum absolute atomic E-state index is 0.779. The third-order valence-electron chi connectivity index (χ3n) is 2.80. The number of hydrogen-bond acceptors (Lipinski definition) is 2. The van der Waals surface area contributed by atoms with E-state index in [1.807, 2.05) is 24.3 Å². The maximum absolute atomic E-state index is 6.13. The summed E-state index contributed by atoms with van der Waals surface area (Å²) in [5.41, 5.74) is 1.29. The van der Waals surface area contributed by atoms with Gasteiger partial charge in [-0.1, -0.05) is 58.3 Å². The van der Waals surface area contributed by atoms with Crippen molar-refractivity contribution in [2.75, 3.05) is 6.54 Å². The Morgan fingerprint density at radius 2 is 2.05 bits per heavy atom. The lowest BCUT2D eigenvalue weighted by Crippen LogP contribution is -2.14. The Labute approximate surface area is 138 Å². The Morgan fingerprint density at radius 3 is 2.80 bits per heavy atom. The second-order valence-electron chi connectivity index (χ2n) is 4.49. The largest absolute Gasteiger partial charge is 0.313 e. The van der Waals surface area contributed by atoms with E-state index in [9.17, 15) is 0 Å². The van der Waals surface area contributed by atoms with Crippen LogP contribution in [-0.2, 0) is 6.54 Å². The number of benzene rings is 2. The second kappa shape index (κ2) is 8.08. The number of rotatable bonds is 6. The van der Waals surface area contributed by atoms with Gasteiger partial charge in [0.2, 0.25) is 0 Å². The first kappa shape index (κ1) is 15.9. The highest BCUT2D eigenvalue weighted by Crippen LogP contribution is 2.33. The number of hydrogen-bond donors (Lipinski definition) is 1. The molecule has 0 fully saturated rings. The zero-order valence-electron chi connectivity index (χ0n) is 11.3. The minimum atomic E-state index is 0.779. The second-order valence-corrected chi connectivity index (χ2v) is 6.96. The predicted octanol–water partition coefficient (Wildman–Crippen LogP) is 5.75. The van der Waals surface area contributed by atoms with Crippen LogP contribution < -0.4 is 5.32 Å². The molecule has 0 heterocycles. The number of halogens is 2. The highest BCUT2D eigenvalue weighted by Gasteiger charge is 2.06. The summed E-state index contributed by atoms with van der Waals surface area (Å²) < 4.78 is 1.09. The van der Waals surface area contributed by atoms with Crippen molar-refractivity contribution in [3.05, 3.63) is 57.5 Å². The number of nitrogens with one attached hydrogen (secondary N) is 1. The molecule has 0 unspecified atom stereocenters. The first-order valence-corrected chi connectivity index (χ1v) is 8.60. The van der Waals surface area contributed by atoms with Gasteiger partial charge in [-0.3, -0.25) is 0 Å². The van der Waals surface area contributed by atoms with E-state index >= 15 is 0 Å². The van der Waals surface area contributed by atoms with Crippen molar-refractivity contribution < 1.29 is 0 Å². The summed E-state index contributed by atoms with van der Waals surface area (Å²) in [6.07, 6.45) is 1.14. The molecule has 2 aromatic rings. The van der Waals surface area contributed by atoms with Crippen molar-refractivity contribution >= 4 is 39.3 Å².